The van der Waals surface area contributed by atoms with Crippen molar-refractivity contribution in [1.29, 1.82) is 0 Å². The summed E-state index contributed by atoms with van der Waals surface area (Å²) in [5.74, 6) is -0.478. The highest BCUT2D eigenvalue weighted by atomic mass is 16.6. The van der Waals surface area contributed by atoms with Crippen molar-refractivity contribution in [2.45, 2.75) is 85.5 Å². The zero-order valence-electron chi connectivity index (χ0n) is 17.3. The molecular formula is C21H35NO4. The van der Waals surface area contributed by atoms with Gasteiger partial charge in [-0.3, -0.25) is 0 Å². The fourth-order valence-corrected chi connectivity index (χ4v) is 1.83. The third-order valence-corrected chi connectivity index (χ3v) is 3.27. The lowest BCUT2D eigenvalue weighted by Crippen LogP contribution is -2.43. The van der Waals surface area contributed by atoms with Crippen LogP contribution in [0.1, 0.15) is 66.9 Å². The minimum Gasteiger partial charge on any atom is -0.461 e. The summed E-state index contributed by atoms with van der Waals surface area (Å²) in [4.78, 5) is 23.6. The van der Waals surface area contributed by atoms with Crippen LogP contribution in [0.2, 0.25) is 0 Å². The lowest BCUT2D eigenvalue weighted by Gasteiger charge is -2.22. The minimum atomic E-state index is -0.756. The number of esters is 1. The summed E-state index contributed by atoms with van der Waals surface area (Å²) in [6.45, 7) is 13.0. The van der Waals surface area contributed by atoms with Crippen LogP contribution in [0.3, 0.4) is 0 Å². The number of hydrogen-bond acceptors (Lipinski definition) is 4. The third-order valence-electron chi connectivity index (χ3n) is 3.27. The topological polar surface area (TPSA) is 64.6 Å². The van der Waals surface area contributed by atoms with Gasteiger partial charge in [0.05, 0.1) is 0 Å². The van der Waals surface area contributed by atoms with Crippen molar-refractivity contribution >= 4 is 12.1 Å². The number of hydrogen-bond donors (Lipinski definition) is 1. The molecule has 0 spiro atoms. The van der Waals surface area contributed by atoms with E-state index in [-0.39, 0.29) is 6.10 Å². The Bertz CT molecular complexity index is 521. The Morgan fingerprint density at radius 2 is 1.58 bits per heavy atom. The normalized spacial score (nSPS) is 12.9. The lowest BCUT2D eigenvalue weighted by molar-refractivity contribution is -0.150. The van der Waals surface area contributed by atoms with Crippen LogP contribution in [-0.2, 0) is 20.7 Å². The van der Waals surface area contributed by atoms with Crippen LogP contribution in [0.5, 0.6) is 0 Å². The molecule has 1 aromatic carbocycles. The monoisotopic (exact) mass is 365 g/mol. The second-order valence-electron chi connectivity index (χ2n) is 7.31. The van der Waals surface area contributed by atoms with Crippen LogP contribution < -0.4 is 5.32 Å². The lowest BCUT2D eigenvalue weighted by atomic mass is 10.1. The largest absolute Gasteiger partial charge is 0.461 e. The van der Waals surface area contributed by atoms with Crippen LogP contribution in [0.4, 0.5) is 4.79 Å². The maximum Gasteiger partial charge on any atom is 0.408 e. The fraction of sp³-hybridized carbons (Fsp3) is 0.619. The van der Waals surface area contributed by atoms with Gasteiger partial charge >= 0.3 is 12.1 Å². The SMILES string of the molecule is CCCC.C[C@H](NC(=O)OC(C)(C)C)C(=O)O[C@@H](C)Cc1ccccc1. The summed E-state index contributed by atoms with van der Waals surface area (Å²) in [7, 11) is 0. The van der Waals surface area contributed by atoms with Gasteiger partial charge in [0, 0.05) is 6.42 Å². The standard InChI is InChI=1S/C17H25NO4.C4H10/c1-12(11-14-9-7-6-8-10-14)21-15(19)13(2)18-16(20)22-17(3,4)5;1-3-4-2/h6-10,12-13H,11H2,1-5H3,(H,18,20);3-4H2,1-2H3/t12-,13-;/m0./s1. The number of ether oxygens (including phenoxy) is 2. The maximum absolute atomic E-state index is 12.0. The molecule has 5 nitrogen and oxygen atoms in total. The van der Waals surface area contributed by atoms with Crippen LogP contribution in [0.25, 0.3) is 0 Å². The van der Waals surface area contributed by atoms with Gasteiger partial charge < -0.3 is 14.8 Å². The van der Waals surface area contributed by atoms with Gasteiger partial charge in [-0.1, -0.05) is 57.0 Å². The summed E-state index contributed by atoms with van der Waals surface area (Å²) in [5.41, 5.74) is 0.490. The molecule has 0 unspecified atom stereocenters. The Balaban J connectivity index is 0.00000141. The molecule has 5 heteroatoms. The molecule has 0 aliphatic heterocycles. The number of alkyl carbamates (subject to hydrolysis) is 1. The number of nitrogens with one attached hydrogen (secondary N) is 1. The summed E-state index contributed by atoms with van der Waals surface area (Å²) in [5, 5.41) is 2.47. The van der Waals surface area contributed by atoms with Crippen molar-refractivity contribution in [2.75, 3.05) is 0 Å². The highest BCUT2D eigenvalue weighted by molar-refractivity contribution is 5.81. The van der Waals surface area contributed by atoms with Crippen molar-refractivity contribution in [2.24, 2.45) is 0 Å². The summed E-state index contributed by atoms with van der Waals surface area (Å²) in [6.07, 6.45) is 2.37. The van der Waals surface area contributed by atoms with Crippen LogP contribution in [0, 0.1) is 0 Å². The Morgan fingerprint density at radius 1 is 1.04 bits per heavy atom. The smallest absolute Gasteiger partial charge is 0.408 e. The molecule has 0 aromatic heterocycles. The molecule has 0 bridgehead atoms. The molecule has 148 valence electrons. The Labute approximate surface area is 158 Å². The molecular weight excluding hydrogens is 330 g/mol. The molecule has 1 rings (SSSR count). The molecule has 0 fully saturated rings. The van der Waals surface area contributed by atoms with E-state index in [9.17, 15) is 9.59 Å². The number of benzene rings is 1. The first-order chi connectivity index (χ1) is 12.1. The number of amides is 1. The second kappa shape index (κ2) is 12.3. The predicted molar refractivity (Wildman–Crippen MR) is 105 cm³/mol. The van der Waals surface area contributed by atoms with Gasteiger partial charge in [0.1, 0.15) is 17.7 Å². The summed E-state index contributed by atoms with van der Waals surface area (Å²) >= 11 is 0. The average molecular weight is 366 g/mol. The molecule has 0 aliphatic rings. The van der Waals surface area contributed by atoms with E-state index >= 15 is 0 Å². The molecule has 0 saturated carbocycles. The second-order valence-corrected chi connectivity index (χ2v) is 7.31. The quantitative estimate of drug-likeness (QED) is 0.730. The zero-order valence-corrected chi connectivity index (χ0v) is 17.3. The van der Waals surface area contributed by atoms with Gasteiger partial charge in [0.2, 0.25) is 0 Å². The molecule has 0 heterocycles. The van der Waals surface area contributed by atoms with Gasteiger partial charge in [0.15, 0.2) is 0 Å². The average Bonchev–Trinajstić information content (AvgIpc) is 2.53. The Kier molecular flexibility index (Phi) is 11.4. The molecule has 0 radical (unpaired) electrons. The number of carbonyl (C=O) groups excluding carboxylic acids is 2. The molecule has 0 aliphatic carbocycles. The molecule has 26 heavy (non-hydrogen) atoms. The van der Waals surface area contributed by atoms with Crippen LogP contribution in [0.15, 0.2) is 30.3 Å². The van der Waals surface area contributed by atoms with E-state index < -0.39 is 23.7 Å². The van der Waals surface area contributed by atoms with Gasteiger partial charge in [0.25, 0.3) is 0 Å². The van der Waals surface area contributed by atoms with E-state index in [0.717, 1.165) is 5.56 Å². The van der Waals surface area contributed by atoms with E-state index in [1.807, 2.05) is 37.3 Å². The van der Waals surface area contributed by atoms with E-state index in [1.54, 1.807) is 27.7 Å². The first-order valence-corrected chi connectivity index (χ1v) is 9.33. The highest BCUT2D eigenvalue weighted by Gasteiger charge is 2.23. The number of carbonyl (C=O) groups is 2. The molecule has 1 aromatic rings. The molecule has 1 N–H and O–H groups in total. The summed E-state index contributed by atoms with van der Waals surface area (Å²) in [6, 6.07) is 9.02. The van der Waals surface area contributed by atoms with Gasteiger partial charge in [-0.2, -0.15) is 0 Å². The van der Waals surface area contributed by atoms with Gasteiger partial charge in [-0.05, 0) is 40.2 Å². The van der Waals surface area contributed by atoms with Crippen molar-refractivity contribution in [3.05, 3.63) is 35.9 Å². The van der Waals surface area contributed by atoms with Crippen LogP contribution in [-0.4, -0.2) is 29.8 Å². The first-order valence-electron chi connectivity index (χ1n) is 9.33. The number of unbranched alkanes of at least 4 members (excludes halogenated alkanes) is 1. The van der Waals surface area contributed by atoms with E-state index in [0.29, 0.717) is 6.42 Å². The molecule has 1 amide bonds. The van der Waals surface area contributed by atoms with Gasteiger partial charge in [-0.25, -0.2) is 9.59 Å². The zero-order chi connectivity index (χ0) is 20.2. The van der Waals surface area contributed by atoms with Crippen molar-refractivity contribution in [1.82, 2.24) is 5.32 Å². The summed E-state index contributed by atoms with van der Waals surface area (Å²) < 4.78 is 10.4. The van der Waals surface area contributed by atoms with Crippen molar-refractivity contribution < 1.29 is 19.1 Å². The van der Waals surface area contributed by atoms with Crippen molar-refractivity contribution in [3.63, 3.8) is 0 Å². The van der Waals surface area contributed by atoms with E-state index in [4.69, 9.17) is 9.47 Å². The molecule has 0 saturated heterocycles. The van der Waals surface area contributed by atoms with E-state index in [1.165, 1.54) is 12.8 Å². The Hall–Kier alpha value is -2.04. The van der Waals surface area contributed by atoms with Gasteiger partial charge in [-0.15, -0.1) is 0 Å². The first kappa shape index (κ1) is 24.0. The van der Waals surface area contributed by atoms with E-state index in [2.05, 4.69) is 19.2 Å². The number of rotatable bonds is 6. The van der Waals surface area contributed by atoms with Crippen molar-refractivity contribution in [3.8, 4) is 0 Å². The maximum atomic E-state index is 12.0. The Morgan fingerprint density at radius 3 is 2.04 bits per heavy atom. The minimum absolute atomic E-state index is 0.266. The molecule has 2 atom stereocenters. The fourth-order valence-electron chi connectivity index (χ4n) is 1.83. The predicted octanol–water partition coefficient (Wildman–Crippen LogP) is 4.88. The highest BCUT2D eigenvalue weighted by Crippen LogP contribution is 2.08. The van der Waals surface area contributed by atoms with Crippen LogP contribution >= 0.6 is 0 Å². The third kappa shape index (κ3) is 12.3.